The number of benzene rings is 1. The third kappa shape index (κ3) is 5.03. The average molecular weight is 418 g/mol. The fourth-order valence-corrected chi connectivity index (χ4v) is 3.61. The van der Waals surface area contributed by atoms with Crippen LogP contribution in [-0.2, 0) is 14.3 Å². The minimum absolute atomic E-state index is 0.0141. The zero-order valence-electron chi connectivity index (χ0n) is 16.6. The van der Waals surface area contributed by atoms with Gasteiger partial charge in [-0.2, -0.15) is 0 Å². The van der Waals surface area contributed by atoms with Crippen molar-refractivity contribution >= 4 is 40.3 Å². The number of likely N-dealkylation sites (N-methyl/N-ethyl adjacent to an activating group) is 1. The Labute approximate surface area is 174 Å². The van der Waals surface area contributed by atoms with Crippen molar-refractivity contribution in [3.05, 3.63) is 41.0 Å². The molecule has 0 unspecified atom stereocenters. The van der Waals surface area contributed by atoms with Crippen LogP contribution in [0.2, 0.25) is 5.15 Å². The quantitative estimate of drug-likeness (QED) is 0.552. The molecule has 1 aliphatic rings. The maximum Gasteiger partial charge on any atom is 0.309 e. The number of hydrogen-bond donors (Lipinski definition) is 0. The molecule has 2 amide bonds. The van der Waals surface area contributed by atoms with Gasteiger partial charge >= 0.3 is 5.97 Å². The third-order valence-electron chi connectivity index (χ3n) is 5.09. The van der Waals surface area contributed by atoms with Crippen LogP contribution >= 0.6 is 11.6 Å². The van der Waals surface area contributed by atoms with Gasteiger partial charge in [-0.05, 0) is 50.1 Å². The molecular weight excluding hydrogens is 394 g/mol. The van der Waals surface area contributed by atoms with Crippen LogP contribution in [0.25, 0.3) is 10.9 Å². The van der Waals surface area contributed by atoms with Gasteiger partial charge in [-0.25, -0.2) is 4.98 Å². The number of nitrogens with zero attached hydrogens (tertiary/aromatic N) is 3. The Bertz CT molecular complexity index is 925. The van der Waals surface area contributed by atoms with Gasteiger partial charge in [0, 0.05) is 31.1 Å². The standard InChI is InChI=1S/C21H24ClN3O4/c1-3-29-21(28)14-8-10-25(11-9-14)19(26)13-24(2)20(27)16-4-6-17-15(12-16)5-7-18(22)23-17/h4-7,12,14H,3,8-11,13H2,1-2H3. The average Bonchev–Trinajstić information content (AvgIpc) is 2.73. The molecule has 3 rings (SSSR count). The molecule has 1 fully saturated rings. The number of ether oxygens (including phenoxy) is 1. The Morgan fingerprint density at radius 1 is 1.21 bits per heavy atom. The van der Waals surface area contributed by atoms with E-state index in [0.29, 0.717) is 48.8 Å². The molecule has 2 aromatic rings. The van der Waals surface area contributed by atoms with Crippen molar-refractivity contribution in [3.8, 4) is 0 Å². The molecule has 2 heterocycles. The second-order valence-electron chi connectivity index (χ2n) is 7.11. The number of aromatic nitrogens is 1. The van der Waals surface area contributed by atoms with Gasteiger partial charge in [0.1, 0.15) is 5.15 Å². The van der Waals surface area contributed by atoms with E-state index in [1.807, 2.05) is 0 Å². The van der Waals surface area contributed by atoms with Crippen LogP contribution in [0.1, 0.15) is 30.1 Å². The number of fused-ring (bicyclic) bond motifs is 1. The summed E-state index contributed by atoms with van der Waals surface area (Å²) in [6.45, 7) is 3.12. The number of carbonyl (C=O) groups is 3. The minimum atomic E-state index is -0.239. The number of amides is 2. The molecular formula is C21H24ClN3O4. The molecule has 154 valence electrons. The summed E-state index contributed by atoms with van der Waals surface area (Å²) in [5.74, 6) is -0.717. The van der Waals surface area contributed by atoms with Crippen molar-refractivity contribution < 1.29 is 19.1 Å². The summed E-state index contributed by atoms with van der Waals surface area (Å²) in [5.41, 5.74) is 1.19. The van der Waals surface area contributed by atoms with Crippen molar-refractivity contribution in [2.45, 2.75) is 19.8 Å². The Hall–Kier alpha value is -2.67. The summed E-state index contributed by atoms with van der Waals surface area (Å²) >= 11 is 5.89. The van der Waals surface area contributed by atoms with Crippen LogP contribution in [0.4, 0.5) is 0 Å². The molecule has 0 bridgehead atoms. The lowest BCUT2D eigenvalue weighted by molar-refractivity contribution is -0.151. The number of piperidine rings is 1. The van der Waals surface area contributed by atoms with Gasteiger partial charge in [0.15, 0.2) is 0 Å². The number of hydrogen-bond acceptors (Lipinski definition) is 5. The SMILES string of the molecule is CCOC(=O)C1CCN(C(=O)CN(C)C(=O)c2ccc3nc(Cl)ccc3c2)CC1. The smallest absolute Gasteiger partial charge is 0.309 e. The van der Waals surface area contributed by atoms with E-state index in [1.54, 1.807) is 49.2 Å². The van der Waals surface area contributed by atoms with Crippen molar-refractivity contribution in [2.24, 2.45) is 5.92 Å². The first-order valence-electron chi connectivity index (χ1n) is 9.65. The minimum Gasteiger partial charge on any atom is -0.466 e. The molecule has 1 aliphatic heterocycles. The monoisotopic (exact) mass is 417 g/mol. The van der Waals surface area contributed by atoms with Gasteiger partial charge in [0.2, 0.25) is 5.91 Å². The van der Waals surface area contributed by atoms with Crippen LogP contribution < -0.4 is 0 Å². The van der Waals surface area contributed by atoms with E-state index in [4.69, 9.17) is 16.3 Å². The molecule has 0 spiro atoms. The van der Waals surface area contributed by atoms with E-state index in [9.17, 15) is 14.4 Å². The van der Waals surface area contributed by atoms with Gasteiger partial charge in [-0.1, -0.05) is 11.6 Å². The topological polar surface area (TPSA) is 79.8 Å². The maximum atomic E-state index is 12.7. The fourth-order valence-electron chi connectivity index (χ4n) is 3.45. The van der Waals surface area contributed by atoms with Crippen LogP contribution in [-0.4, -0.2) is 65.9 Å². The number of halogens is 1. The third-order valence-corrected chi connectivity index (χ3v) is 5.30. The molecule has 7 nitrogen and oxygen atoms in total. The van der Waals surface area contributed by atoms with Crippen LogP contribution in [0, 0.1) is 5.92 Å². The van der Waals surface area contributed by atoms with Crippen LogP contribution in [0.15, 0.2) is 30.3 Å². The van der Waals surface area contributed by atoms with E-state index in [1.165, 1.54) is 4.90 Å². The highest BCUT2D eigenvalue weighted by Gasteiger charge is 2.29. The lowest BCUT2D eigenvalue weighted by atomic mass is 9.97. The van der Waals surface area contributed by atoms with E-state index in [-0.39, 0.29) is 30.2 Å². The molecule has 0 saturated carbocycles. The van der Waals surface area contributed by atoms with Crippen molar-refractivity contribution in [1.29, 1.82) is 0 Å². The second kappa shape index (κ2) is 9.22. The number of esters is 1. The zero-order valence-corrected chi connectivity index (χ0v) is 17.3. The molecule has 1 aromatic heterocycles. The Morgan fingerprint density at radius 3 is 2.62 bits per heavy atom. The maximum absolute atomic E-state index is 12.7. The van der Waals surface area contributed by atoms with Crippen LogP contribution in [0.5, 0.6) is 0 Å². The van der Waals surface area contributed by atoms with Gasteiger partial charge in [0.05, 0.1) is 24.6 Å². The van der Waals surface area contributed by atoms with Gasteiger partial charge in [-0.15, -0.1) is 0 Å². The van der Waals surface area contributed by atoms with E-state index in [2.05, 4.69) is 4.98 Å². The predicted octanol–water partition coefficient (Wildman–Crippen LogP) is 2.76. The Morgan fingerprint density at radius 2 is 1.93 bits per heavy atom. The van der Waals surface area contributed by atoms with Gasteiger partial charge in [-0.3, -0.25) is 14.4 Å². The van der Waals surface area contributed by atoms with Crippen molar-refractivity contribution in [3.63, 3.8) is 0 Å². The molecule has 0 atom stereocenters. The summed E-state index contributed by atoms with van der Waals surface area (Å²) in [7, 11) is 1.61. The first kappa shape index (κ1) is 21.0. The molecule has 0 N–H and O–H groups in total. The summed E-state index contributed by atoms with van der Waals surface area (Å²) in [6.07, 6.45) is 1.17. The molecule has 29 heavy (non-hydrogen) atoms. The highest BCUT2D eigenvalue weighted by atomic mass is 35.5. The summed E-state index contributed by atoms with van der Waals surface area (Å²) in [4.78, 5) is 44.5. The zero-order chi connectivity index (χ0) is 21.0. The van der Waals surface area contributed by atoms with Crippen molar-refractivity contribution in [1.82, 2.24) is 14.8 Å². The van der Waals surface area contributed by atoms with Crippen LogP contribution in [0.3, 0.4) is 0 Å². The highest BCUT2D eigenvalue weighted by Crippen LogP contribution is 2.20. The first-order chi connectivity index (χ1) is 13.9. The summed E-state index contributed by atoms with van der Waals surface area (Å²) in [5, 5.41) is 1.20. The lowest BCUT2D eigenvalue weighted by Gasteiger charge is -2.32. The first-order valence-corrected chi connectivity index (χ1v) is 10.0. The van der Waals surface area contributed by atoms with E-state index < -0.39 is 0 Å². The Balaban J connectivity index is 1.57. The normalized spacial score (nSPS) is 14.7. The highest BCUT2D eigenvalue weighted by molar-refractivity contribution is 6.29. The number of carbonyl (C=O) groups excluding carboxylic acids is 3. The van der Waals surface area contributed by atoms with Gasteiger partial charge in [0.25, 0.3) is 5.91 Å². The lowest BCUT2D eigenvalue weighted by Crippen LogP contribution is -2.45. The fraction of sp³-hybridized carbons (Fsp3) is 0.429. The second-order valence-corrected chi connectivity index (χ2v) is 7.50. The summed E-state index contributed by atoms with van der Waals surface area (Å²) in [6, 6.07) is 8.64. The van der Waals surface area contributed by atoms with E-state index >= 15 is 0 Å². The molecule has 0 aliphatic carbocycles. The molecule has 1 saturated heterocycles. The number of likely N-dealkylation sites (tertiary alicyclic amines) is 1. The number of rotatable bonds is 5. The molecule has 0 radical (unpaired) electrons. The van der Waals surface area contributed by atoms with Crippen molar-refractivity contribution in [2.75, 3.05) is 33.3 Å². The van der Waals surface area contributed by atoms with Gasteiger partial charge < -0.3 is 14.5 Å². The largest absolute Gasteiger partial charge is 0.466 e. The van der Waals surface area contributed by atoms with E-state index in [0.717, 1.165) is 5.39 Å². The molecule has 1 aromatic carbocycles. The Kier molecular flexibility index (Phi) is 6.69. The predicted molar refractivity (Wildman–Crippen MR) is 110 cm³/mol. The summed E-state index contributed by atoms with van der Waals surface area (Å²) < 4.78 is 5.05. The molecule has 8 heteroatoms. The number of pyridine rings is 1.